The molecule has 3 N–H and O–H groups in total. The third-order valence-corrected chi connectivity index (χ3v) is 15.6. The first-order chi connectivity index (χ1) is 32.1. The van der Waals surface area contributed by atoms with E-state index in [9.17, 15) is 38.8 Å². The number of piperidine rings is 1. The van der Waals surface area contributed by atoms with Crippen LogP contribution >= 0.6 is 7.95 Å². The second-order valence-electron chi connectivity index (χ2n) is 20.3. The first kappa shape index (κ1) is 57.3. The van der Waals surface area contributed by atoms with Gasteiger partial charge in [0.1, 0.15) is 30.1 Å². The van der Waals surface area contributed by atoms with Crippen LogP contribution in [0.1, 0.15) is 126 Å². The number of allylic oxidation sites excluding steroid dienone is 6. The van der Waals surface area contributed by atoms with Gasteiger partial charge in [0.25, 0.3) is 11.7 Å². The SMILES string of the molecule is CO[C@H]1C[C@@H]2CC[C@@H](C)[C@@](O)(O2)C(=O)C(=O)N2CCCC[C@H]2C(=O)O[C@H]([C@H](C)C[C@@H]2CCC(N[P+](C)=O)[C@H](OC)C2)CC(=O)[C@H](C)/C=C(\C)[C@@H](O)[C@@H](OC)C(=O)[C@H](C)C[C@H](C)/C=C/C=CC=C1C. The Morgan fingerprint density at radius 2 is 1.62 bits per heavy atom. The van der Waals surface area contributed by atoms with E-state index >= 15 is 0 Å². The van der Waals surface area contributed by atoms with Gasteiger partial charge in [-0.25, -0.2) is 4.79 Å². The number of carbonyl (C=O) groups is 5. The number of rotatable bonds is 8. The lowest BCUT2D eigenvalue weighted by Crippen LogP contribution is -2.61. The van der Waals surface area contributed by atoms with Crippen LogP contribution in [0.4, 0.5) is 0 Å². The minimum absolute atomic E-state index is 0.0153. The second kappa shape index (κ2) is 26.8. The van der Waals surface area contributed by atoms with Gasteiger partial charge in [0, 0.05) is 58.5 Å². The van der Waals surface area contributed by atoms with Crippen LogP contribution in [0.5, 0.6) is 0 Å². The van der Waals surface area contributed by atoms with Gasteiger partial charge in [-0.15, -0.1) is 5.09 Å². The fourth-order valence-electron chi connectivity index (χ4n) is 10.5. The Hall–Kier alpha value is -3.27. The number of aliphatic hydroxyl groups is 2. The molecule has 0 spiro atoms. The molecule has 1 saturated carbocycles. The van der Waals surface area contributed by atoms with Crippen molar-refractivity contribution in [3.05, 3.63) is 47.6 Å². The number of hydrogen-bond acceptors (Lipinski definition) is 13. The summed E-state index contributed by atoms with van der Waals surface area (Å²) in [4.78, 5) is 72.1. The quantitative estimate of drug-likeness (QED) is 0.0957. The van der Waals surface area contributed by atoms with Gasteiger partial charge in [0.15, 0.2) is 12.4 Å². The lowest BCUT2D eigenvalue weighted by Gasteiger charge is -2.42. The highest BCUT2D eigenvalue weighted by molar-refractivity contribution is 7.41. The molecule has 16 heteroatoms. The maximum absolute atomic E-state index is 14.5. The summed E-state index contributed by atoms with van der Waals surface area (Å²) in [5.74, 6) is -7.97. The standard InChI is InChI=1S/C52H82N2O13P/c1-31-17-13-12-14-18-32(2)43(63-8)29-39-22-20-37(7)52(61,67-39)49(58)50(59)54-24-16-15-19-41(54)51(60)66-44(34(4)27-38-21-23-40(53-68(11)62)45(28-38)64-9)30-42(55)33(3)26-36(6)47(57)48(65-10)46(56)35(5)25-31/h12-14,17-18,26,31,33-35,37-41,43-45,47-48,57,61H,15-16,19-25,27-30H2,1-11H3,(H,53,62)/q+1/b14-12?,17-13+,32-18?,36-26+/t31-,33-,34-,35-,37-,38+,39+,40?,41+,43+,44+,45-,47-,48+,52-/m1/s1. The summed E-state index contributed by atoms with van der Waals surface area (Å²) in [6, 6.07) is -1.22. The molecule has 0 aromatic rings. The van der Waals surface area contributed by atoms with E-state index in [1.165, 1.54) is 12.0 Å². The molecule has 16 atom stereocenters. The minimum Gasteiger partial charge on any atom is -0.460 e. The highest BCUT2D eigenvalue weighted by Gasteiger charge is 2.53. The van der Waals surface area contributed by atoms with Crippen LogP contribution in [0, 0.1) is 35.5 Å². The van der Waals surface area contributed by atoms with Gasteiger partial charge in [-0.2, -0.15) is 0 Å². The van der Waals surface area contributed by atoms with E-state index < -0.39 is 85.7 Å². The van der Waals surface area contributed by atoms with Crippen LogP contribution < -0.4 is 5.09 Å². The summed E-state index contributed by atoms with van der Waals surface area (Å²) in [6.45, 7) is 14.4. The number of nitrogens with zero attached hydrogens (tertiary/aromatic N) is 1. The molecule has 0 aromatic carbocycles. The van der Waals surface area contributed by atoms with Crippen LogP contribution in [0.3, 0.4) is 0 Å². The molecule has 1 aliphatic carbocycles. The molecule has 3 heterocycles. The van der Waals surface area contributed by atoms with Crippen molar-refractivity contribution in [2.24, 2.45) is 35.5 Å². The zero-order valence-electron chi connectivity index (χ0n) is 42.5. The zero-order valence-corrected chi connectivity index (χ0v) is 43.4. The molecular weight excluding hydrogens is 892 g/mol. The van der Waals surface area contributed by atoms with Gasteiger partial charge in [-0.3, -0.25) is 19.2 Å². The summed E-state index contributed by atoms with van der Waals surface area (Å²) in [5.41, 5.74) is 1.26. The number of fused-ring (bicyclic) bond motifs is 3. The number of hydrogen-bond donors (Lipinski definition) is 3. The lowest BCUT2D eigenvalue weighted by atomic mass is 9.78. The number of methoxy groups -OCH3 is 3. The predicted octanol–water partition coefficient (Wildman–Crippen LogP) is 7.15. The van der Waals surface area contributed by atoms with E-state index in [4.69, 9.17) is 23.7 Å². The maximum atomic E-state index is 14.5. The molecule has 2 unspecified atom stereocenters. The number of aliphatic hydroxyl groups excluding tert-OH is 1. The highest BCUT2D eigenvalue weighted by atomic mass is 31.1. The van der Waals surface area contributed by atoms with Crippen LogP contribution in [-0.2, 0) is 52.2 Å². The summed E-state index contributed by atoms with van der Waals surface area (Å²) in [6.07, 6.45) is 12.2. The Bertz CT molecular complexity index is 1880. The van der Waals surface area contributed by atoms with Crippen LogP contribution in [0.2, 0.25) is 0 Å². The molecule has 4 aliphatic rings. The Balaban J connectivity index is 1.70. The van der Waals surface area contributed by atoms with Crippen molar-refractivity contribution in [1.29, 1.82) is 0 Å². The van der Waals surface area contributed by atoms with E-state index in [1.807, 2.05) is 58.1 Å². The molecule has 2 saturated heterocycles. The third-order valence-electron chi connectivity index (χ3n) is 14.9. The van der Waals surface area contributed by atoms with Gasteiger partial charge in [-0.05, 0) is 107 Å². The third kappa shape index (κ3) is 15.4. The van der Waals surface area contributed by atoms with E-state index in [1.54, 1.807) is 47.7 Å². The van der Waals surface area contributed by atoms with Crippen molar-refractivity contribution in [3.8, 4) is 0 Å². The Kier molecular flexibility index (Phi) is 22.6. The molecular formula is C52H82N2O13P+. The number of ether oxygens (including phenoxy) is 5. The monoisotopic (exact) mass is 974 g/mol. The molecule has 0 radical (unpaired) electrons. The molecule has 1 amide bonds. The van der Waals surface area contributed by atoms with E-state index in [0.717, 1.165) is 18.4 Å². The van der Waals surface area contributed by atoms with Gasteiger partial charge < -0.3 is 38.8 Å². The van der Waals surface area contributed by atoms with E-state index in [-0.39, 0.29) is 60.9 Å². The van der Waals surface area contributed by atoms with Crippen molar-refractivity contribution in [2.75, 3.05) is 34.5 Å². The average molecular weight is 974 g/mol. The van der Waals surface area contributed by atoms with Crippen molar-refractivity contribution < 1.29 is 62.4 Å². The summed E-state index contributed by atoms with van der Waals surface area (Å²) in [5, 5.41) is 26.6. The highest BCUT2D eigenvalue weighted by Crippen LogP contribution is 2.38. The molecule has 15 nitrogen and oxygen atoms in total. The molecule has 3 aliphatic heterocycles. The number of carbonyl (C=O) groups excluding carboxylic acids is 5. The average Bonchev–Trinajstić information content (AvgIpc) is 3.30. The minimum atomic E-state index is -2.43. The normalized spacial score (nSPS) is 38.1. The molecule has 68 heavy (non-hydrogen) atoms. The largest absolute Gasteiger partial charge is 0.460 e. The van der Waals surface area contributed by atoms with E-state index in [0.29, 0.717) is 56.9 Å². The summed E-state index contributed by atoms with van der Waals surface area (Å²) < 4.78 is 41.8. The number of esters is 1. The first-order valence-electron chi connectivity index (χ1n) is 24.8. The van der Waals surface area contributed by atoms with Crippen molar-refractivity contribution >= 4 is 37.2 Å². The molecule has 4 rings (SSSR count). The van der Waals surface area contributed by atoms with Gasteiger partial charge in [0.05, 0.1) is 24.4 Å². The fraction of sp³-hybridized carbons (Fsp3) is 0.750. The van der Waals surface area contributed by atoms with Crippen molar-refractivity contribution in [1.82, 2.24) is 9.99 Å². The van der Waals surface area contributed by atoms with Gasteiger partial charge in [-0.1, -0.05) is 75.6 Å². The smallest absolute Gasteiger partial charge is 0.429 e. The Morgan fingerprint density at radius 1 is 0.897 bits per heavy atom. The summed E-state index contributed by atoms with van der Waals surface area (Å²) in [7, 11) is 3.00. The number of amides is 1. The maximum Gasteiger partial charge on any atom is 0.429 e. The zero-order chi connectivity index (χ0) is 50.5. The molecule has 3 fully saturated rings. The Morgan fingerprint density at radius 3 is 2.28 bits per heavy atom. The molecule has 2 bridgehead atoms. The van der Waals surface area contributed by atoms with Crippen LogP contribution in [-0.4, -0.2) is 133 Å². The van der Waals surface area contributed by atoms with Crippen LogP contribution in [0.25, 0.3) is 0 Å². The number of Topliss-reactive ketones (excluding diaryl/α,β-unsaturated/α-hetero) is 3. The van der Waals surface area contributed by atoms with Crippen LogP contribution in [0.15, 0.2) is 47.6 Å². The molecule has 0 aromatic heterocycles. The Labute approximate surface area is 406 Å². The van der Waals surface area contributed by atoms with Crippen molar-refractivity contribution in [2.45, 2.75) is 180 Å². The van der Waals surface area contributed by atoms with E-state index in [2.05, 4.69) is 5.09 Å². The first-order valence-corrected chi connectivity index (χ1v) is 26.5. The van der Waals surface area contributed by atoms with Crippen molar-refractivity contribution in [3.63, 3.8) is 0 Å². The van der Waals surface area contributed by atoms with Gasteiger partial charge >= 0.3 is 13.9 Å². The van der Waals surface area contributed by atoms with Gasteiger partial charge in [0.2, 0.25) is 5.79 Å². The number of ketones is 3. The number of nitrogens with one attached hydrogen (secondary N) is 1. The topological polar surface area (TPSA) is 204 Å². The second-order valence-corrected chi connectivity index (χ2v) is 21.5. The molecule has 382 valence electrons. The lowest BCUT2D eigenvalue weighted by molar-refractivity contribution is -0.265. The summed E-state index contributed by atoms with van der Waals surface area (Å²) >= 11 is 0. The number of cyclic esters (lactones) is 1. The fourth-order valence-corrected chi connectivity index (χ4v) is 11.3. The predicted molar refractivity (Wildman–Crippen MR) is 260 cm³/mol.